The van der Waals surface area contributed by atoms with E-state index in [1.807, 2.05) is 0 Å². The zero-order valence-electron chi connectivity index (χ0n) is 17.8. The van der Waals surface area contributed by atoms with Crippen molar-refractivity contribution < 1.29 is 0 Å². The molecular formula is C30H24AsSb. The maximum absolute atomic E-state index is 2.42. The molecule has 0 bridgehead atoms. The average molecular weight is 581 g/mol. The van der Waals surface area contributed by atoms with Crippen LogP contribution in [0.1, 0.15) is 0 Å². The molecule has 0 aromatic heterocycles. The zero-order chi connectivity index (χ0) is 21.6. The first-order valence-electron chi connectivity index (χ1n) is 10.8. The normalized spacial score (nSPS) is 11.1. The van der Waals surface area contributed by atoms with Crippen LogP contribution in [0.25, 0.3) is 0 Å². The Kier molecular flexibility index (Phi) is 6.93. The van der Waals surface area contributed by atoms with Gasteiger partial charge in [0.05, 0.1) is 0 Å². The van der Waals surface area contributed by atoms with E-state index in [-0.39, 0.29) is 0 Å². The van der Waals surface area contributed by atoms with Crippen molar-refractivity contribution >= 4 is 58.4 Å². The minimum atomic E-state index is -2.20. The van der Waals surface area contributed by atoms with E-state index < -0.39 is 34.9 Å². The fraction of sp³-hybridized carbons (Fsp3) is 0. The summed E-state index contributed by atoms with van der Waals surface area (Å²) in [6.07, 6.45) is 0. The van der Waals surface area contributed by atoms with E-state index in [4.69, 9.17) is 0 Å². The summed E-state index contributed by atoms with van der Waals surface area (Å²) < 4.78 is 9.18. The first-order valence-corrected chi connectivity index (χ1v) is 17.5. The molecule has 0 saturated heterocycles. The van der Waals surface area contributed by atoms with Gasteiger partial charge in [-0.05, 0) is 0 Å². The van der Waals surface area contributed by atoms with Crippen LogP contribution >= 0.6 is 0 Å². The molecule has 0 aliphatic heterocycles. The van der Waals surface area contributed by atoms with Crippen LogP contribution in [0.5, 0.6) is 0 Å². The van der Waals surface area contributed by atoms with Crippen molar-refractivity contribution in [1.82, 2.24) is 0 Å². The van der Waals surface area contributed by atoms with Gasteiger partial charge in [0.25, 0.3) is 0 Å². The standard InChI is InChI=1S/C18H14As.2C6H5.Sb/c1-4-10-16(11-5-1)19(17-12-6-2-7-13-17)18-14-8-3-9-15-18;2*1-2-4-6-5-3-1;/h1-14H;2*1-5H;. The number of rotatable bonds is 6. The second kappa shape index (κ2) is 10.4. The Labute approximate surface area is 202 Å². The SMILES string of the molecule is c1ccc([As](c2ccccc2)c2cccc[c]2[Sb]([c]2ccccc2)[c]2ccccc2)cc1. The van der Waals surface area contributed by atoms with Gasteiger partial charge < -0.3 is 0 Å². The molecule has 0 spiro atoms. The molecule has 2 heteroatoms. The van der Waals surface area contributed by atoms with Gasteiger partial charge >= 0.3 is 204 Å². The summed E-state index contributed by atoms with van der Waals surface area (Å²) in [5.41, 5.74) is 0. The maximum atomic E-state index is 2.42. The minimum absolute atomic E-state index is 1.49. The Balaban J connectivity index is 1.74. The summed E-state index contributed by atoms with van der Waals surface area (Å²) in [5, 5.41) is 0. The number of hydrogen-bond acceptors (Lipinski definition) is 0. The summed E-state index contributed by atoms with van der Waals surface area (Å²) in [5.74, 6) is 0. The van der Waals surface area contributed by atoms with E-state index in [2.05, 4.69) is 146 Å². The molecule has 0 amide bonds. The van der Waals surface area contributed by atoms with Gasteiger partial charge in [-0.3, -0.25) is 0 Å². The number of benzene rings is 5. The van der Waals surface area contributed by atoms with Crippen molar-refractivity contribution in [2.75, 3.05) is 0 Å². The first kappa shape index (κ1) is 21.3. The van der Waals surface area contributed by atoms with Crippen LogP contribution in [-0.2, 0) is 0 Å². The molecule has 0 radical (unpaired) electrons. The molecule has 0 saturated carbocycles. The van der Waals surface area contributed by atoms with Gasteiger partial charge in [-0.2, -0.15) is 0 Å². The molecule has 5 aromatic rings. The molecule has 0 unspecified atom stereocenters. The molecule has 0 aliphatic rings. The van der Waals surface area contributed by atoms with Crippen LogP contribution in [0, 0.1) is 0 Å². The molecule has 5 rings (SSSR count). The second-order valence-corrected chi connectivity index (χ2v) is 18.3. The average Bonchev–Trinajstić information content (AvgIpc) is 2.88. The Hall–Kier alpha value is -2.52. The van der Waals surface area contributed by atoms with Gasteiger partial charge in [0.1, 0.15) is 0 Å². The Bertz CT molecular complexity index is 1070. The molecule has 32 heavy (non-hydrogen) atoms. The van der Waals surface area contributed by atoms with Crippen molar-refractivity contribution in [1.29, 1.82) is 0 Å². The van der Waals surface area contributed by atoms with Crippen LogP contribution < -0.4 is 23.6 Å². The molecule has 154 valence electrons. The van der Waals surface area contributed by atoms with E-state index in [9.17, 15) is 0 Å². The van der Waals surface area contributed by atoms with Crippen molar-refractivity contribution in [3.63, 3.8) is 0 Å². The molecule has 0 heterocycles. The monoisotopic (exact) mass is 580 g/mol. The second-order valence-electron chi connectivity index (χ2n) is 7.50. The van der Waals surface area contributed by atoms with Crippen molar-refractivity contribution in [2.24, 2.45) is 0 Å². The van der Waals surface area contributed by atoms with Gasteiger partial charge in [0, 0.05) is 0 Å². The van der Waals surface area contributed by atoms with Crippen molar-refractivity contribution in [3.8, 4) is 0 Å². The Morgan fingerprint density at radius 3 is 1.22 bits per heavy atom. The Morgan fingerprint density at radius 1 is 0.375 bits per heavy atom. The molecule has 0 nitrogen and oxygen atoms in total. The molecule has 0 atom stereocenters. The van der Waals surface area contributed by atoms with Crippen LogP contribution in [0.3, 0.4) is 0 Å². The fourth-order valence-electron chi connectivity index (χ4n) is 4.01. The first-order chi connectivity index (χ1) is 15.9. The Morgan fingerprint density at radius 2 is 0.750 bits per heavy atom. The van der Waals surface area contributed by atoms with E-state index >= 15 is 0 Å². The van der Waals surface area contributed by atoms with Gasteiger partial charge in [-0.15, -0.1) is 0 Å². The summed E-state index contributed by atoms with van der Waals surface area (Å²) in [4.78, 5) is 0. The third-order valence-corrected chi connectivity index (χ3v) is 18.9. The molecule has 0 fully saturated rings. The van der Waals surface area contributed by atoms with Crippen LogP contribution in [0.2, 0.25) is 0 Å². The van der Waals surface area contributed by atoms with E-state index in [0.29, 0.717) is 0 Å². The predicted octanol–water partition coefficient (Wildman–Crippen LogP) is 2.72. The summed E-state index contributed by atoms with van der Waals surface area (Å²) in [6.45, 7) is 0. The third-order valence-electron chi connectivity index (χ3n) is 5.42. The molecular weight excluding hydrogens is 557 g/mol. The van der Waals surface area contributed by atoms with E-state index in [1.165, 1.54) is 15.7 Å². The van der Waals surface area contributed by atoms with Crippen molar-refractivity contribution in [3.05, 3.63) is 146 Å². The van der Waals surface area contributed by atoms with Gasteiger partial charge in [-0.25, -0.2) is 0 Å². The van der Waals surface area contributed by atoms with Gasteiger partial charge in [0.2, 0.25) is 0 Å². The summed E-state index contributed by atoms with van der Waals surface area (Å²) >= 11 is -3.89. The molecule has 0 aliphatic carbocycles. The third kappa shape index (κ3) is 4.63. The summed E-state index contributed by atoms with van der Waals surface area (Å²) in [7, 11) is 0. The fourth-order valence-corrected chi connectivity index (χ4v) is 18.5. The van der Waals surface area contributed by atoms with Gasteiger partial charge in [-0.1, -0.05) is 0 Å². The predicted molar refractivity (Wildman–Crippen MR) is 142 cm³/mol. The summed E-state index contributed by atoms with van der Waals surface area (Å²) in [6, 6.07) is 54.1. The molecule has 0 N–H and O–H groups in total. The topological polar surface area (TPSA) is 0 Å². The van der Waals surface area contributed by atoms with Gasteiger partial charge in [0.15, 0.2) is 0 Å². The van der Waals surface area contributed by atoms with E-state index in [1.54, 1.807) is 7.86 Å². The van der Waals surface area contributed by atoms with E-state index in [0.717, 1.165) is 0 Å². The van der Waals surface area contributed by atoms with Crippen molar-refractivity contribution in [2.45, 2.75) is 0 Å². The quantitative estimate of drug-likeness (QED) is 0.271. The van der Waals surface area contributed by atoms with Crippen LogP contribution in [0.4, 0.5) is 0 Å². The van der Waals surface area contributed by atoms with Crippen LogP contribution in [0.15, 0.2) is 146 Å². The number of hydrogen-bond donors (Lipinski definition) is 0. The van der Waals surface area contributed by atoms with Crippen LogP contribution in [-0.4, -0.2) is 34.9 Å². The molecule has 5 aromatic carbocycles. The zero-order valence-corrected chi connectivity index (χ0v) is 22.2.